The molecule has 5 rings (SSSR count). The fourth-order valence-electron chi connectivity index (χ4n) is 4.46. The number of anilines is 1. The number of aryl methyl sites for hydroxylation is 1. The van der Waals surface area contributed by atoms with Gasteiger partial charge in [0, 0.05) is 34.1 Å². The number of benzene rings is 1. The quantitative estimate of drug-likeness (QED) is 0.527. The van der Waals surface area contributed by atoms with Gasteiger partial charge in [-0.2, -0.15) is 0 Å². The highest BCUT2D eigenvalue weighted by molar-refractivity contribution is 5.90. The summed E-state index contributed by atoms with van der Waals surface area (Å²) in [7, 11) is 0. The maximum atomic E-state index is 13.9. The molecule has 2 heterocycles. The van der Waals surface area contributed by atoms with Gasteiger partial charge in [-0.15, -0.1) is 0 Å². The van der Waals surface area contributed by atoms with Gasteiger partial charge >= 0.3 is 0 Å². The summed E-state index contributed by atoms with van der Waals surface area (Å²) < 4.78 is 13.9. The first-order valence-electron chi connectivity index (χ1n) is 10.6. The van der Waals surface area contributed by atoms with Crippen molar-refractivity contribution in [2.45, 2.75) is 51.4 Å². The summed E-state index contributed by atoms with van der Waals surface area (Å²) >= 11 is 0. The standard InChI is InChI=1S/C25H26FN3/c1-15-7-10-20(26)12-21(15)23-11-19-14-27-24(28-16(2)17-8-9-17)13-22(19)25(29-23)18-5-3-4-6-18/h7,10-14,17-18H,2-6,8-9H2,1H3,(H,27,28). The van der Waals surface area contributed by atoms with Gasteiger partial charge in [0.1, 0.15) is 11.6 Å². The van der Waals surface area contributed by atoms with Crippen LogP contribution in [0.1, 0.15) is 55.7 Å². The Morgan fingerprint density at radius 1 is 1.10 bits per heavy atom. The minimum Gasteiger partial charge on any atom is -0.344 e. The number of pyridine rings is 2. The van der Waals surface area contributed by atoms with Gasteiger partial charge < -0.3 is 5.32 Å². The summed E-state index contributed by atoms with van der Waals surface area (Å²) in [5, 5.41) is 5.60. The fourth-order valence-corrected chi connectivity index (χ4v) is 4.46. The lowest BCUT2D eigenvalue weighted by molar-refractivity contribution is 0.628. The third-order valence-electron chi connectivity index (χ3n) is 6.32. The van der Waals surface area contributed by atoms with Crippen LogP contribution >= 0.6 is 0 Å². The van der Waals surface area contributed by atoms with Gasteiger partial charge in [0.25, 0.3) is 0 Å². The zero-order valence-corrected chi connectivity index (χ0v) is 16.8. The molecule has 0 bridgehead atoms. The molecule has 148 valence electrons. The van der Waals surface area contributed by atoms with Gasteiger partial charge in [-0.3, -0.25) is 4.98 Å². The highest BCUT2D eigenvalue weighted by Crippen LogP contribution is 2.40. The second-order valence-electron chi connectivity index (χ2n) is 8.55. The van der Waals surface area contributed by atoms with Crippen molar-refractivity contribution in [3.63, 3.8) is 0 Å². The van der Waals surface area contributed by atoms with Crippen LogP contribution in [-0.2, 0) is 0 Å². The van der Waals surface area contributed by atoms with E-state index in [0.29, 0.717) is 11.8 Å². The van der Waals surface area contributed by atoms with Crippen molar-refractivity contribution < 1.29 is 4.39 Å². The van der Waals surface area contributed by atoms with Crippen molar-refractivity contribution >= 4 is 16.6 Å². The summed E-state index contributed by atoms with van der Waals surface area (Å²) in [6.45, 7) is 6.17. The SMILES string of the molecule is C=C(Nc1cc2c(C3CCCC3)nc(-c3cc(F)ccc3C)cc2cn1)C1CC1. The number of hydrogen-bond donors (Lipinski definition) is 1. The molecule has 2 aliphatic rings. The molecule has 2 aromatic heterocycles. The smallest absolute Gasteiger partial charge is 0.130 e. The number of nitrogens with one attached hydrogen (secondary N) is 1. The van der Waals surface area contributed by atoms with E-state index >= 15 is 0 Å². The van der Waals surface area contributed by atoms with E-state index < -0.39 is 0 Å². The zero-order valence-electron chi connectivity index (χ0n) is 16.8. The lowest BCUT2D eigenvalue weighted by Crippen LogP contribution is -2.04. The predicted molar refractivity (Wildman–Crippen MR) is 116 cm³/mol. The van der Waals surface area contributed by atoms with E-state index in [0.717, 1.165) is 57.6 Å². The Morgan fingerprint density at radius 3 is 2.66 bits per heavy atom. The molecule has 2 saturated carbocycles. The fraction of sp³-hybridized carbons (Fsp3) is 0.360. The highest BCUT2D eigenvalue weighted by Gasteiger charge is 2.26. The number of aromatic nitrogens is 2. The van der Waals surface area contributed by atoms with Gasteiger partial charge in [0.15, 0.2) is 0 Å². The first-order chi connectivity index (χ1) is 14.1. The zero-order chi connectivity index (χ0) is 20.0. The van der Waals surface area contributed by atoms with E-state index in [1.165, 1.54) is 31.7 Å². The van der Waals surface area contributed by atoms with Crippen molar-refractivity contribution in [3.8, 4) is 11.3 Å². The summed E-state index contributed by atoms with van der Waals surface area (Å²) in [6, 6.07) is 9.07. The number of fused-ring (bicyclic) bond motifs is 1. The first-order valence-corrected chi connectivity index (χ1v) is 10.6. The molecule has 3 aromatic rings. The van der Waals surface area contributed by atoms with E-state index in [1.807, 2.05) is 25.3 Å². The molecule has 29 heavy (non-hydrogen) atoms. The number of rotatable bonds is 5. The third kappa shape index (κ3) is 3.64. The monoisotopic (exact) mass is 387 g/mol. The van der Waals surface area contributed by atoms with E-state index in [1.54, 1.807) is 6.07 Å². The van der Waals surface area contributed by atoms with Crippen LogP contribution in [-0.4, -0.2) is 9.97 Å². The maximum Gasteiger partial charge on any atom is 0.130 e. The maximum absolute atomic E-state index is 13.9. The second-order valence-corrected chi connectivity index (χ2v) is 8.55. The summed E-state index contributed by atoms with van der Waals surface area (Å²) in [5.74, 6) is 1.64. The van der Waals surface area contributed by atoms with Gasteiger partial charge in [0.2, 0.25) is 0 Å². The molecule has 0 atom stereocenters. The van der Waals surface area contributed by atoms with Crippen LogP contribution < -0.4 is 5.32 Å². The molecular weight excluding hydrogens is 361 g/mol. The summed E-state index contributed by atoms with van der Waals surface area (Å²) in [4.78, 5) is 9.70. The topological polar surface area (TPSA) is 37.8 Å². The van der Waals surface area contributed by atoms with Gasteiger partial charge in [-0.05, 0) is 68.4 Å². The normalized spacial score (nSPS) is 17.0. The van der Waals surface area contributed by atoms with Crippen molar-refractivity contribution in [2.24, 2.45) is 5.92 Å². The number of halogens is 1. The molecule has 4 heteroatoms. The average Bonchev–Trinajstić information content (AvgIpc) is 3.44. The molecule has 0 saturated heterocycles. The van der Waals surface area contributed by atoms with Crippen molar-refractivity contribution in [1.29, 1.82) is 0 Å². The Bertz CT molecular complexity index is 1090. The summed E-state index contributed by atoms with van der Waals surface area (Å²) in [6.07, 6.45) is 9.14. The lowest BCUT2D eigenvalue weighted by atomic mass is 9.96. The Labute approximate surface area is 171 Å². The Morgan fingerprint density at radius 2 is 1.90 bits per heavy atom. The molecule has 0 aliphatic heterocycles. The molecular formula is C25H26FN3. The Balaban J connectivity index is 1.63. The highest BCUT2D eigenvalue weighted by atomic mass is 19.1. The number of allylic oxidation sites excluding steroid dienone is 1. The van der Waals surface area contributed by atoms with E-state index in [-0.39, 0.29) is 5.82 Å². The van der Waals surface area contributed by atoms with Crippen LogP contribution in [0.4, 0.5) is 10.2 Å². The van der Waals surface area contributed by atoms with Crippen LogP contribution in [0.25, 0.3) is 22.0 Å². The van der Waals surface area contributed by atoms with Crippen molar-refractivity contribution in [1.82, 2.24) is 9.97 Å². The van der Waals surface area contributed by atoms with E-state index in [2.05, 4.69) is 22.9 Å². The molecule has 1 aromatic carbocycles. The van der Waals surface area contributed by atoms with E-state index in [4.69, 9.17) is 4.98 Å². The Hall–Kier alpha value is -2.75. The van der Waals surface area contributed by atoms with Crippen LogP contribution in [0, 0.1) is 18.7 Å². The minimum atomic E-state index is -0.230. The molecule has 2 fully saturated rings. The van der Waals surface area contributed by atoms with E-state index in [9.17, 15) is 4.39 Å². The molecule has 0 unspecified atom stereocenters. The molecule has 2 aliphatic carbocycles. The Kier molecular flexibility index (Phi) is 4.57. The molecule has 3 nitrogen and oxygen atoms in total. The summed E-state index contributed by atoms with van der Waals surface area (Å²) in [5.41, 5.74) is 4.90. The average molecular weight is 388 g/mol. The predicted octanol–water partition coefficient (Wildman–Crippen LogP) is 6.74. The van der Waals surface area contributed by atoms with Crippen LogP contribution in [0.3, 0.4) is 0 Å². The largest absolute Gasteiger partial charge is 0.344 e. The first kappa shape index (κ1) is 18.3. The number of nitrogens with zero attached hydrogens (tertiary/aromatic N) is 2. The number of hydrogen-bond acceptors (Lipinski definition) is 3. The minimum absolute atomic E-state index is 0.230. The van der Waals surface area contributed by atoms with Gasteiger partial charge in [0.05, 0.1) is 11.4 Å². The molecule has 0 radical (unpaired) electrons. The van der Waals surface area contributed by atoms with Gasteiger partial charge in [-0.1, -0.05) is 25.5 Å². The molecule has 0 amide bonds. The van der Waals surface area contributed by atoms with Crippen molar-refractivity contribution in [3.05, 3.63) is 65.9 Å². The lowest BCUT2D eigenvalue weighted by Gasteiger charge is -2.17. The third-order valence-corrected chi connectivity index (χ3v) is 6.32. The van der Waals surface area contributed by atoms with Crippen LogP contribution in [0.5, 0.6) is 0 Å². The van der Waals surface area contributed by atoms with Crippen molar-refractivity contribution in [2.75, 3.05) is 5.32 Å². The molecule has 0 spiro atoms. The van der Waals surface area contributed by atoms with Gasteiger partial charge in [-0.25, -0.2) is 9.37 Å². The van der Waals surface area contributed by atoms with Crippen LogP contribution in [0.2, 0.25) is 0 Å². The van der Waals surface area contributed by atoms with Crippen LogP contribution in [0.15, 0.2) is 48.8 Å². The molecule has 1 N–H and O–H groups in total. The second kappa shape index (κ2) is 7.25.